The van der Waals surface area contributed by atoms with Gasteiger partial charge in [0.25, 0.3) is 0 Å². The first kappa shape index (κ1) is 16.7. The van der Waals surface area contributed by atoms with E-state index in [2.05, 4.69) is 5.32 Å². The molecule has 2 aromatic rings. The lowest BCUT2D eigenvalue weighted by Crippen LogP contribution is -2.31. The zero-order valence-electron chi connectivity index (χ0n) is 13.7. The Morgan fingerprint density at radius 1 is 1.12 bits per heavy atom. The van der Waals surface area contributed by atoms with Crippen molar-refractivity contribution in [3.05, 3.63) is 58.6 Å². The molecule has 0 bridgehead atoms. The van der Waals surface area contributed by atoms with E-state index in [0.717, 1.165) is 22.6 Å². The van der Waals surface area contributed by atoms with Crippen molar-refractivity contribution in [3.63, 3.8) is 0 Å². The predicted molar refractivity (Wildman–Crippen MR) is 93.4 cm³/mol. The first-order valence-corrected chi connectivity index (χ1v) is 8.34. The number of benzene rings is 2. The monoisotopic (exact) mass is 345 g/mol. The van der Waals surface area contributed by atoms with E-state index in [9.17, 15) is 4.79 Å². The number of carbonyl (C=O) groups excluding carboxylic acids is 1. The molecule has 0 aliphatic carbocycles. The number of amides is 1. The quantitative estimate of drug-likeness (QED) is 0.886. The lowest BCUT2D eigenvalue weighted by Gasteiger charge is -2.21. The number of carbonyl (C=O) groups is 1. The van der Waals surface area contributed by atoms with E-state index >= 15 is 0 Å². The maximum Gasteiger partial charge on any atom is 0.231 e. The van der Waals surface area contributed by atoms with Crippen LogP contribution in [0.2, 0.25) is 5.02 Å². The van der Waals surface area contributed by atoms with Crippen LogP contribution < -0.4 is 14.8 Å². The summed E-state index contributed by atoms with van der Waals surface area (Å²) in [7, 11) is 0. The fourth-order valence-corrected chi connectivity index (χ4v) is 2.99. The molecule has 3 rings (SSSR count). The Kier molecular flexibility index (Phi) is 4.95. The van der Waals surface area contributed by atoms with Gasteiger partial charge in [-0.2, -0.15) is 0 Å². The Morgan fingerprint density at radius 3 is 2.54 bits per heavy atom. The number of ether oxygens (including phenoxy) is 2. The van der Waals surface area contributed by atoms with Gasteiger partial charge in [-0.3, -0.25) is 4.79 Å². The highest BCUT2D eigenvalue weighted by Gasteiger charge is 2.24. The van der Waals surface area contributed by atoms with Gasteiger partial charge in [-0.05, 0) is 41.3 Å². The summed E-state index contributed by atoms with van der Waals surface area (Å²) in [4.78, 5) is 12.7. The lowest BCUT2D eigenvalue weighted by molar-refractivity contribution is -0.123. The molecule has 1 aliphatic rings. The summed E-state index contributed by atoms with van der Waals surface area (Å²) < 4.78 is 10.7. The van der Waals surface area contributed by atoms with Crippen molar-refractivity contribution in [2.45, 2.75) is 26.3 Å². The van der Waals surface area contributed by atoms with E-state index in [4.69, 9.17) is 21.1 Å². The number of nitrogens with one attached hydrogen (secondary N) is 1. The molecule has 0 saturated heterocycles. The summed E-state index contributed by atoms with van der Waals surface area (Å²) in [6.45, 7) is 4.78. The molecular weight excluding hydrogens is 326 g/mol. The van der Waals surface area contributed by atoms with Gasteiger partial charge in [-0.1, -0.05) is 43.6 Å². The van der Waals surface area contributed by atoms with Crippen LogP contribution in [0.1, 0.15) is 30.9 Å². The van der Waals surface area contributed by atoms with Gasteiger partial charge in [-0.25, -0.2) is 0 Å². The molecule has 24 heavy (non-hydrogen) atoms. The third-order valence-corrected chi connectivity index (χ3v) is 4.33. The maximum absolute atomic E-state index is 12.7. The largest absolute Gasteiger partial charge is 0.454 e. The molecule has 1 amide bonds. The van der Waals surface area contributed by atoms with E-state index in [1.165, 1.54) is 0 Å². The fourth-order valence-electron chi connectivity index (χ4n) is 2.86. The number of hydrogen-bond acceptors (Lipinski definition) is 3. The Bertz CT molecular complexity index is 728. The zero-order chi connectivity index (χ0) is 17.1. The second kappa shape index (κ2) is 7.14. The molecule has 1 N–H and O–H groups in total. The van der Waals surface area contributed by atoms with E-state index in [0.29, 0.717) is 11.6 Å². The summed E-state index contributed by atoms with van der Waals surface area (Å²) in [5.74, 6) is 1.44. The summed E-state index contributed by atoms with van der Waals surface area (Å²) >= 11 is 5.94. The van der Waals surface area contributed by atoms with Gasteiger partial charge < -0.3 is 14.8 Å². The first-order chi connectivity index (χ1) is 11.5. The Morgan fingerprint density at radius 2 is 1.83 bits per heavy atom. The van der Waals surface area contributed by atoms with Crippen LogP contribution >= 0.6 is 11.6 Å². The topological polar surface area (TPSA) is 47.6 Å². The van der Waals surface area contributed by atoms with Crippen LogP contribution in [0.15, 0.2) is 42.5 Å². The molecule has 0 radical (unpaired) electrons. The van der Waals surface area contributed by atoms with Gasteiger partial charge >= 0.3 is 0 Å². The number of fused-ring (bicyclic) bond motifs is 1. The van der Waals surface area contributed by atoms with Crippen LogP contribution in [0.25, 0.3) is 0 Å². The van der Waals surface area contributed by atoms with Gasteiger partial charge in [0.15, 0.2) is 11.5 Å². The van der Waals surface area contributed by atoms with Crippen molar-refractivity contribution in [2.24, 2.45) is 5.92 Å². The van der Waals surface area contributed by atoms with Crippen molar-refractivity contribution in [2.75, 3.05) is 6.79 Å². The molecule has 0 aromatic heterocycles. The van der Waals surface area contributed by atoms with Crippen molar-refractivity contribution >= 4 is 17.5 Å². The molecule has 126 valence electrons. The Hall–Kier alpha value is -2.20. The van der Waals surface area contributed by atoms with Gasteiger partial charge in [0.2, 0.25) is 12.7 Å². The standard InChI is InChI=1S/C19H20ClNO3/c1-12(2)18(14-4-6-15(20)7-5-14)19(22)21-10-13-3-8-16-17(9-13)24-11-23-16/h3-9,12,18H,10-11H2,1-2H3,(H,21,22)/t18-/m1/s1. The van der Waals surface area contributed by atoms with Crippen molar-refractivity contribution in [3.8, 4) is 11.5 Å². The van der Waals surface area contributed by atoms with E-state index < -0.39 is 0 Å². The summed E-state index contributed by atoms with van der Waals surface area (Å²) in [5, 5.41) is 3.68. The molecule has 2 aromatic carbocycles. The first-order valence-electron chi connectivity index (χ1n) is 7.96. The van der Waals surface area contributed by atoms with Gasteiger partial charge in [0, 0.05) is 11.6 Å². The molecule has 0 saturated carbocycles. The summed E-state index contributed by atoms with van der Waals surface area (Å²) in [6.07, 6.45) is 0. The third-order valence-electron chi connectivity index (χ3n) is 4.08. The summed E-state index contributed by atoms with van der Waals surface area (Å²) in [6, 6.07) is 13.1. The fraction of sp³-hybridized carbons (Fsp3) is 0.316. The van der Waals surface area contributed by atoms with Gasteiger partial charge in [0.05, 0.1) is 5.92 Å². The third kappa shape index (κ3) is 3.65. The van der Waals surface area contributed by atoms with Crippen molar-refractivity contribution in [1.29, 1.82) is 0 Å². The predicted octanol–water partition coefficient (Wildman–Crippen LogP) is 4.12. The Labute approximate surface area is 146 Å². The minimum atomic E-state index is -0.212. The van der Waals surface area contributed by atoms with Crippen LogP contribution in [0.4, 0.5) is 0 Å². The minimum absolute atomic E-state index is 0.00462. The molecule has 0 spiro atoms. The molecule has 1 atom stereocenters. The average molecular weight is 346 g/mol. The number of rotatable bonds is 5. The van der Waals surface area contributed by atoms with Crippen molar-refractivity contribution in [1.82, 2.24) is 5.32 Å². The SMILES string of the molecule is CC(C)[C@@H](C(=O)NCc1ccc2c(c1)OCO2)c1ccc(Cl)cc1. The lowest BCUT2D eigenvalue weighted by atomic mass is 9.87. The molecule has 0 fully saturated rings. The number of halogens is 1. The average Bonchev–Trinajstić information content (AvgIpc) is 3.02. The van der Waals surface area contributed by atoms with Crippen LogP contribution in [0, 0.1) is 5.92 Å². The number of hydrogen-bond donors (Lipinski definition) is 1. The molecule has 5 heteroatoms. The van der Waals surface area contributed by atoms with Crippen molar-refractivity contribution < 1.29 is 14.3 Å². The van der Waals surface area contributed by atoms with Crippen LogP contribution in [0.5, 0.6) is 11.5 Å². The normalized spacial score (nSPS) is 13.8. The van der Waals surface area contributed by atoms with Crippen LogP contribution in [0.3, 0.4) is 0 Å². The second-order valence-corrected chi connectivity index (χ2v) is 6.62. The highest BCUT2D eigenvalue weighted by Crippen LogP contribution is 2.32. The molecule has 1 aliphatic heterocycles. The molecular formula is C19H20ClNO3. The van der Waals surface area contributed by atoms with E-state index in [-0.39, 0.29) is 24.5 Å². The summed E-state index contributed by atoms with van der Waals surface area (Å²) in [5.41, 5.74) is 1.95. The van der Waals surface area contributed by atoms with Gasteiger partial charge in [-0.15, -0.1) is 0 Å². The van der Waals surface area contributed by atoms with E-state index in [1.54, 1.807) is 0 Å². The molecule has 0 unspecified atom stereocenters. The van der Waals surface area contributed by atoms with Crippen LogP contribution in [-0.4, -0.2) is 12.7 Å². The van der Waals surface area contributed by atoms with Crippen LogP contribution in [-0.2, 0) is 11.3 Å². The minimum Gasteiger partial charge on any atom is -0.454 e. The second-order valence-electron chi connectivity index (χ2n) is 6.18. The Balaban J connectivity index is 1.68. The smallest absolute Gasteiger partial charge is 0.231 e. The van der Waals surface area contributed by atoms with E-state index in [1.807, 2.05) is 56.3 Å². The highest BCUT2D eigenvalue weighted by atomic mass is 35.5. The highest BCUT2D eigenvalue weighted by molar-refractivity contribution is 6.30. The zero-order valence-corrected chi connectivity index (χ0v) is 14.5. The maximum atomic E-state index is 12.7. The van der Waals surface area contributed by atoms with Gasteiger partial charge in [0.1, 0.15) is 0 Å². The molecule has 1 heterocycles. The molecule has 4 nitrogen and oxygen atoms in total.